The number of carbonyl (C=O) groups excluding carboxylic acids is 2. The highest BCUT2D eigenvalue weighted by Gasteiger charge is 2.24. The van der Waals surface area contributed by atoms with Gasteiger partial charge in [-0.25, -0.2) is 9.78 Å². The Balaban J connectivity index is 1.58. The van der Waals surface area contributed by atoms with Crippen molar-refractivity contribution in [1.29, 1.82) is 0 Å². The summed E-state index contributed by atoms with van der Waals surface area (Å²) in [6.45, 7) is 3.79. The van der Waals surface area contributed by atoms with Crippen molar-refractivity contribution in [3.63, 3.8) is 0 Å². The van der Waals surface area contributed by atoms with E-state index in [9.17, 15) is 9.59 Å². The molecular formula is C17H22N4O3. The van der Waals surface area contributed by atoms with Crippen LogP contribution in [0.2, 0.25) is 0 Å². The standard InChI is InChI=1S/C17H22N4O3/c1-12-15(21-8-4-3-5-14(21)19-12)16(22)18-11-13-6-9-20(10-7-13)17(23)24-2/h3-5,8,13H,6-7,9-11H2,1-2H3,(H,18,22). The van der Waals surface area contributed by atoms with Gasteiger partial charge >= 0.3 is 6.09 Å². The van der Waals surface area contributed by atoms with Crippen molar-refractivity contribution < 1.29 is 14.3 Å². The fourth-order valence-corrected chi connectivity index (χ4v) is 3.16. The van der Waals surface area contributed by atoms with Gasteiger partial charge in [0.15, 0.2) is 0 Å². The van der Waals surface area contributed by atoms with Gasteiger partial charge in [0.1, 0.15) is 11.3 Å². The van der Waals surface area contributed by atoms with Crippen molar-refractivity contribution in [2.45, 2.75) is 19.8 Å². The van der Waals surface area contributed by atoms with Crippen LogP contribution in [0, 0.1) is 12.8 Å². The largest absolute Gasteiger partial charge is 0.453 e. The molecule has 1 fully saturated rings. The predicted octanol–water partition coefficient (Wildman–Crippen LogP) is 1.85. The molecule has 0 aromatic carbocycles. The minimum atomic E-state index is -0.279. The van der Waals surface area contributed by atoms with Crippen LogP contribution in [0.3, 0.4) is 0 Å². The molecule has 2 aromatic rings. The molecule has 0 aliphatic carbocycles. The zero-order valence-electron chi connectivity index (χ0n) is 14.0. The third-order valence-corrected chi connectivity index (χ3v) is 4.52. The van der Waals surface area contributed by atoms with Crippen LogP contribution >= 0.6 is 0 Å². The van der Waals surface area contributed by atoms with Crippen LogP contribution in [0.1, 0.15) is 29.0 Å². The number of nitrogens with zero attached hydrogens (tertiary/aromatic N) is 3. The summed E-state index contributed by atoms with van der Waals surface area (Å²) >= 11 is 0. The van der Waals surface area contributed by atoms with Crippen LogP contribution in [0.5, 0.6) is 0 Å². The van der Waals surface area contributed by atoms with Crippen molar-refractivity contribution in [3.8, 4) is 0 Å². The highest BCUT2D eigenvalue weighted by atomic mass is 16.5. The van der Waals surface area contributed by atoms with Crippen molar-refractivity contribution in [3.05, 3.63) is 35.8 Å². The highest BCUT2D eigenvalue weighted by molar-refractivity contribution is 5.94. The zero-order valence-corrected chi connectivity index (χ0v) is 14.0. The average molecular weight is 330 g/mol. The van der Waals surface area contributed by atoms with Crippen LogP contribution < -0.4 is 5.32 Å². The topological polar surface area (TPSA) is 75.9 Å². The van der Waals surface area contributed by atoms with Gasteiger partial charge in [0.25, 0.3) is 5.91 Å². The zero-order chi connectivity index (χ0) is 17.1. The molecule has 3 rings (SSSR count). The number of rotatable bonds is 3. The SMILES string of the molecule is COC(=O)N1CCC(CNC(=O)c2c(C)nc3ccccn23)CC1. The lowest BCUT2D eigenvalue weighted by atomic mass is 9.97. The Morgan fingerprint density at radius 1 is 1.33 bits per heavy atom. The number of amides is 2. The Hall–Kier alpha value is -2.57. The normalized spacial score (nSPS) is 15.5. The van der Waals surface area contributed by atoms with E-state index < -0.39 is 0 Å². The van der Waals surface area contributed by atoms with Gasteiger partial charge < -0.3 is 15.0 Å². The maximum Gasteiger partial charge on any atom is 0.409 e. The number of pyridine rings is 1. The minimum absolute atomic E-state index is 0.110. The molecule has 7 nitrogen and oxygen atoms in total. The van der Waals surface area contributed by atoms with Crippen molar-refractivity contribution in [2.24, 2.45) is 5.92 Å². The van der Waals surface area contributed by atoms with Crippen LogP contribution in [0.25, 0.3) is 5.65 Å². The Labute approximate surface area is 140 Å². The number of fused-ring (bicyclic) bond motifs is 1. The number of nitrogens with one attached hydrogen (secondary N) is 1. The molecule has 0 saturated carbocycles. The summed E-state index contributed by atoms with van der Waals surface area (Å²) in [5.41, 5.74) is 2.07. The van der Waals surface area contributed by atoms with E-state index in [1.54, 1.807) is 4.90 Å². The molecular weight excluding hydrogens is 308 g/mol. The molecule has 0 atom stereocenters. The Bertz CT molecular complexity index is 747. The van der Waals surface area contributed by atoms with Gasteiger partial charge in [-0.2, -0.15) is 0 Å². The van der Waals surface area contributed by atoms with Gasteiger partial charge in [0.2, 0.25) is 0 Å². The number of ether oxygens (including phenoxy) is 1. The summed E-state index contributed by atoms with van der Waals surface area (Å²) < 4.78 is 6.54. The predicted molar refractivity (Wildman–Crippen MR) is 89.0 cm³/mol. The summed E-state index contributed by atoms with van der Waals surface area (Å²) in [6.07, 6.45) is 3.29. The molecule has 2 aromatic heterocycles. The Morgan fingerprint density at radius 2 is 2.08 bits per heavy atom. The lowest BCUT2D eigenvalue weighted by Gasteiger charge is -2.30. The van der Waals surface area contributed by atoms with E-state index >= 15 is 0 Å². The summed E-state index contributed by atoms with van der Waals surface area (Å²) in [5.74, 6) is 0.260. The van der Waals surface area contributed by atoms with Crippen molar-refractivity contribution >= 4 is 17.6 Å². The first-order valence-electron chi connectivity index (χ1n) is 8.15. The minimum Gasteiger partial charge on any atom is -0.453 e. The number of methoxy groups -OCH3 is 1. The lowest BCUT2D eigenvalue weighted by molar-refractivity contribution is 0.0908. The molecule has 24 heavy (non-hydrogen) atoms. The second kappa shape index (κ2) is 6.90. The number of aryl methyl sites for hydroxylation is 1. The number of imidazole rings is 1. The molecule has 1 aliphatic rings. The van der Waals surface area contributed by atoms with E-state index in [0.717, 1.165) is 24.2 Å². The van der Waals surface area contributed by atoms with E-state index in [1.165, 1.54) is 7.11 Å². The Morgan fingerprint density at radius 3 is 2.79 bits per heavy atom. The molecule has 0 bridgehead atoms. The molecule has 0 unspecified atom stereocenters. The molecule has 7 heteroatoms. The van der Waals surface area contributed by atoms with Gasteiger partial charge in [-0.05, 0) is 37.8 Å². The average Bonchev–Trinajstić information content (AvgIpc) is 2.95. The van der Waals surface area contributed by atoms with Gasteiger partial charge in [0.05, 0.1) is 12.8 Å². The van der Waals surface area contributed by atoms with Crippen LogP contribution in [-0.4, -0.2) is 53.0 Å². The van der Waals surface area contributed by atoms with Crippen LogP contribution in [0.4, 0.5) is 4.79 Å². The third kappa shape index (κ3) is 3.20. The molecule has 1 N–H and O–H groups in total. The fraction of sp³-hybridized carbons (Fsp3) is 0.471. The molecule has 3 heterocycles. The number of aromatic nitrogens is 2. The number of likely N-dealkylation sites (tertiary alicyclic amines) is 1. The molecule has 1 saturated heterocycles. The number of hydrogen-bond donors (Lipinski definition) is 1. The fourth-order valence-electron chi connectivity index (χ4n) is 3.16. The smallest absolute Gasteiger partial charge is 0.409 e. The van der Waals surface area contributed by atoms with Gasteiger partial charge in [-0.1, -0.05) is 6.07 Å². The van der Waals surface area contributed by atoms with Crippen molar-refractivity contribution in [2.75, 3.05) is 26.7 Å². The van der Waals surface area contributed by atoms with E-state index in [1.807, 2.05) is 35.7 Å². The Kier molecular flexibility index (Phi) is 4.69. The van der Waals surface area contributed by atoms with Crippen molar-refractivity contribution in [1.82, 2.24) is 19.6 Å². The first-order valence-corrected chi connectivity index (χ1v) is 8.15. The van der Waals surface area contributed by atoms with Gasteiger partial charge in [0, 0.05) is 25.8 Å². The molecule has 0 radical (unpaired) electrons. The van der Waals surface area contributed by atoms with Crippen LogP contribution in [0.15, 0.2) is 24.4 Å². The summed E-state index contributed by atoms with van der Waals surface area (Å²) in [6, 6.07) is 5.66. The highest BCUT2D eigenvalue weighted by Crippen LogP contribution is 2.17. The first kappa shape index (κ1) is 16.3. The second-order valence-electron chi connectivity index (χ2n) is 6.09. The first-order chi connectivity index (χ1) is 11.6. The van der Waals surface area contributed by atoms with E-state index in [-0.39, 0.29) is 12.0 Å². The summed E-state index contributed by atoms with van der Waals surface area (Å²) in [7, 11) is 1.40. The maximum absolute atomic E-state index is 12.5. The van der Waals surface area contributed by atoms with E-state index in [0.29, 0.717) is 31.2 Å². The third-order valence-electron chi connectivity index (χ3n) is 4.52. The maximum atomic E-state index is 12.5. The van der Waals surface area contributed by atoms with E-state index in [2.05, 4.69) is 10.3 Å². The molecule has 128 valence electrons. The monoisotopic (exact) mass is 330 g/mol. The second-order valence-corrected chi connectivity index (χ2v) is 6.09. The molecule has 2 amide bonds. The van der Waals surface area contributed by atoms with Crippen LogP contribution in [-0.2, 0) is 4.74 Å². The summed E-state index contributed by atoms with van der Waals surface area (Å²) in [5, 5.41) is 3.01. The van der Waals surface area contributed by atoms with Gasteiger partial charge in [-0.15, -0.1) is 0 Å². The summed E-state index contributed by atoms with van der Waals surface area (Å²) in [4.78, 5) is 30.1. The number of piperidine rings is 1. The lowest BCUT2D eigenvalue weighted by Crippen LogP contribution is -2.41. The quantitative estimate of drug-likeness (QED) is 0.932. The molecule has 0 spiro atoms. The number of carbonyl (C=O) groups is 2. The van der Waals surface area contributed by atoms with Gasteiger partial charge in [-0.3, -0.25) is 9.20 Å². The van der Waals surface area contributed by atoms with E-state index in [4.69, 9.17) is 4.74 Å². The number of hydrogen-bond acceptors (Lipinski definition) is 4. The molecule has 1 aliphatic heterocycles.